The number of sulfonamides is 1. The van der Waals surface area contributed by atoms with Gasteiger partial charge in [0.05, 0.1) is 0 Å². The summed E-state index contributed by atoms with van der Waals surface area (Å²) in [5, 5.41) is 12.4. The van der Waals surface area contributed by atoms with E-state index in [4.69, 9.17) is 5.14 Å². The summed E-state index contributed by atoms with van der Waals surface area (Å²) in [6.45, 7) is 4.09. The molecular weight excluding hydrogens is 254 g/mol. The molecule has 0 aliphatic carbocycles. The molecule has 2 aromatic rings. The van der Waals surface area contributed by atoms with Crippen molar-refractivity contribution in [3.8, 4) is 11.4 Å². The van der Waals surface area contributed by atoms with Crippen LogP contribution >= 0.6 is 0 Å². The zero-order valence-corrected chi connectivity index (χ0v) is 10.8. The van der Waals surface area contributed by atoms with Crippen molar-refractivity contribution < 1.29 is 8.42 Å². The van der Waals surface area contributed by atoms with E-state index in [1.54, 1.807) is 19.3 Å². The zero-order valence-electron chi connectivity index (χ0n) is 10.0. The highest BCUT2D eigenvalue weighted by atomic mass is 32.2. The van der Waals surface area contributed by atoms with Crippen LogP contribution in [0.3, 0.4) is 0 Å². The van der Waals surface area contributed by atoms with E-state index in [0.717, 1.165) is 5.56 Å². The molecule has 0 atom stereocenters. The van der Waals surface area contributed by atoms with Crippen LogP contribution in [0, 0.1) is 6.92 Å². The quantitative estimate of drug-likeness (QED) is 0.862. The van der Waals surface area contributed by atoms with Gasteiger partial charge in [-0.3, -0.25) is 9.55 Å². The highest BCUT2D eigenvalue weighted by Crippen LogP contribution is 2.19. The SMILES string of the molecule is CCn1c(-c2cncc(C)c2)nnc1S(N)(=O)=O. The summed E-state index contributed by atoms with van der Waals surface area (Å²) in [7, 11) is -3.87. The number of nitrogens with two attached hydrogens (primary N) is 1. The Hall–Kier alpha value is -1.80. The van der Waals surface area contributed by atoms with E-state index in [9.17, 15) is 8.42 Å². The molecule has 0 saturated heterocycles. The van der Waals surface area contributed by atoms with Gasteiger partial charge >= 0.3 is 0 Å². The fourth-order valence-corrected chi connectivity index (χ4v) is 2.35. The van der Waals surface area contributed by atoms with Gasteiger partial charge in [0.25, 0.3) is 15.2 Å². The van der Waals surface area contributed by atoms with E-state index in [0.29, 0.717) is 17.9 Å². The molecule has 0 saturated carbocycles. The van der Waals surface area contributed by atoms with Crippen LogP contribution in [0.15, 0.2) is 23.6 Å². The largest absolute Gasteiger partial charge is 0.297 e. The number of aryl methyl sites for hydroxylation is 1. The lowest BCUT2D eigenvalue weighted by Gasteiger charge is -2.06. The van der Waals surface area contributed by atoms with Gasteiger partial charge < -0.3 is 0 Å². The maximum absolute atomic E-state index is 11.4. The summed E-state index contributed by atoms with van der Waals surface area (Å²) in [5.41, 5.74) is 1.66. The number of pyridine rings is 1. The Morgan fingerprint density at radius 2 is 2.06 bits per heavy atom. The van der Waals surface area contributed by atoms with E-state index in [2.05, 4.69) is 15.2 Å². The van der Waals surface area contributed by atoms with E-state index in [-0.39, 0.29) is 5.16 Å². The first-order valence-electron chi connectivity index (χ1n) is 5.31. The first kappa shape index (κ1) is 12.7. The molecule has 0 aromatic carbocycles. The van der Waals surface area contributed by atoms with Crippen LogP contribution in [0.4, 0.5) is 0 Å². The minimum absolute atomic E-state index is 0.235. The fraction of sp³-hybridized carbons (Fsp3) is 0.300. The number of hydrogen-bond donors (Lipinski definition) is 1. The molecule has 0 radical (unpaired) electrons. The zero-order chi connectivity index (χ0) is 13.3. The van der Waals surface area contributed by atoms with Crippen LogP contribution in [0.1, 0.15) is 12.5 Å². The molecule has 0 spiro atoms. The molecule has 0 bridgehead atoms. The van der Waals surface area contributed by atoms with Gasteiger partial charge in [-0.1, -0.05) is 0 Å². The predicted molar refractivity (Wildman–Crippen MR) is 65.0 cm³/mol. The Balaban J connectivity index is 2.63. The average Bonchev–Trinajstić information content (AvgIpc) is 2.72. The highest BCUT2D eigenvalue weighted by Gasteiger charge is 2.21. The van der Waals surface area contributed by atoms with Gasteiger partial charge in [-0.05, 0) is 25.5 Å². The number of aromatic nitrogens is 4. The molecule has 7 nitrogen and oxygen atoms in total. The van der Waals surface area contributed by atoms with Crippen LogP contribution in [0.25, 0.3) is 11.4 Å². The van der Waals surface area contributed by atoms with Gasteiger partial charge in [0, 0.05) is 24.5 Å². The van der Waals surface area contributed by atoms with Gasteiger partial charge in [0.15, 0.2) is 5.82 Å². The van der Waals surface area contributed by atoms with Crippen molar-refractivity contribution in [1.82, 2.24) is 19.7 Å². The second-order valence-corrected chi connectivity index (χ2v) is 5.30. The van der Waals surface area contributed by atoms with Crippen molar-refractivity contribution in [2.75, 3.05) is 0 Å². The second kappa shape index (κ2) is 4.46. The van der Waals surface area contributed by atoms with Crippen LogP contribution < -0.4 is 5.14 Å². The third-order valence-electron chi connectivity index (χ3n) is 2.42. The summed E-state index contributed by atoms with van der Waals surface area (Å²) < 4.78 is 24.2. The van der Waals surface area contributed by atoms with Crippen molar-refractivity contribution in [3.63, 3.8) is 0 Å². The number of rotatable bonds is 3. The Morgan fingerprint density at radius 1 is 1.33 bits per heavy atom. The van der Waals surface area contributed by atoms with Crippen molar-refractivity contribution in [2.45, 2.75) is 25.5 Å². The Bertz CT molecular complexity index is 677. The molecule has 2 aromatic heterocycles. The van der Waals surface area contributed by atoms with Gasteiger partial charge in [-0.2, -0.15) is 0 Å². The molecule has 0 amide bonds. The maximum Gasteiger partial charge on any atom is 0.273 e. The monoisotopic (exact) mass is 267 g/mol. The summed E-state index contributed by atoms with van der Waals surface area (Å²) in [6, 6.07) is 1.86. The van der Waals surface area contributed by atoms with Crippen molar-refractivity contribution in [1.29, 1.82) is 0 Å². The highest BCUT2D eigenvalue weighted by molar-refractivity contribution is 7.89. The van der Waals surface area contributed by atoms with Gasteiger partial charge in [0.1, 0.15) is 0 Å². The van der Waals surface area contributed by atoms with Gasteiger partial charge in [0.2, 0.25) is 0 Å². The Kier molecular flexibility index (Phi) is 3.14. The molecule has 2 rings (SSSR count). The summed E-state index contributed by atoms with van der Waals surface area (Å²) >= 11 is 0. The van der Waals surface area contributed by atoms with Crippen LogP contribution in [-0.2, 0) is 16.6 Å². The van der Waals surface area contributed by atoms with E-state index in [1.807, 2.05) is 13.0 Å². The molecule has 96 valence electrons. The molecule has 18 heavy (non-hydrogen) atoms. The maximum atomic E-state index is 11.4. The molecule has 2 N–H and O–H groups in total. The predicted octanol–water partition coefficient (Wildman–Crippen LogP) is 0.316. The Labute approximate surface area is 105 Å². The minimum atomic E-state index is -3.87. The van der Waals surface area contributed by atoms with E-state index >= 15 is 0 Å². The Morgan fingerprint density at radius 3 is 2.61 bits per heavy atom. The lowest BCUT2D eigenvalue weighted by molar-refractivity contribution is 0.571. The number of primary sulfonamides is 1. The third kappa shape index (κ3) is 2.24. The van der Waals surface area contributed by atoms with Crippen molar-refractivity contribution >= 4 is 10.0 Å². The second-order valence-electron chi connectivity index (χ2n) is 3.85. The third-order valence-corrected chi connectivity index (χ3v) is 3.23. The normalized spacial score (nSPS) is 11.7. The smallest absolute Gasteiger partial charge is 0.273 e. The standard InChI is InChI=1S/C10H13N5O2S/c1-3-15-9(8-4-7(2)5-12-6-8)13-14-10(15)18(11,16)17/h4-6H,3H2,1-2H3,(H2,11,16,17). The molecule has 0 unspecified atom stereocenters. The van der Waals surface area contributed by atoms with Crippen LogP contribution in [0.5, 0.6) is 0 Å². The molecule has 0 aliphatic rings. The molecular formula is C10H13N5O2S. The van der Waals surface area contributed by atoms with Gasteiger partial charge in [-0.15, -0.1) is 10.2 Å². The lowest BCUT2D eigenvalue weighted by atomic mass is 10.2. The summed E-state index contributed by atoms with van der Waals surface area (Å²) in [5.74, 6) is 0.442. The lowest BCUT2D eigenvalue weighted by Crippen LogP contribution is -2.18. The van der Waals surface area contributed by atoms with Crippen LogP contribution in [0.2, 0.25) is 0 Å². The molecule has 0 fully saturated rings. The van der Waals surface area contributed by atoms with E-state index in [1.165, 1.54) is 4.57 Å². The van der Waals surface area contributed by atoms with E-state index < -0.39 is 10.0 Å². The summed E-state index contributed by atoms with van der Waals surface area (Å²) in [6.07, 6.45) is 3.31. The fourth-order valence-electron chi connectivity index (χ4n) is 1.68. The first-order chi connectivity index (χ1) is 8.43. The summed E-state index contributed by atoms with van der Waals surface area (Å²) in [4.78, 5) is 4.05. The first-order valence-corrected chi connectivity index (χ1v) is 6.86. The minimum Gasteiger partial charge on any atom is -0.297 e. The molecule has 0 aliphatic heterocycles. The molecule has 8 heteroatoms. The van der Waals surface area contributed by atoms with Crippen molar-refractivity contribution in [2.24, 2.45) is 5.14 Å². The van der Waals surface area contributed by atoms with Crippen LogP contribution in [-0.4, -0.2) is 28.2 Å². The average molecular weight is 267 g/mol. The topological polar surface area (TPSA) is 104 Å². The number of hydrogen-bond acceptors (Lipinski definition) is 5. The van der Waals surface area contributed by atoms with Crippen molar-refractivity contribution in [3.05, 3.63) is 24.0 Å². The van der Waals surface area contributed by atoms with Gasteiger partial charge in [-0.25, -0.2) is 13.6 Å². The molecule has 2 heterocycles. The number of nitrogens with zero attached hydrogens (tertiary/aromatic N) is 4.